The Morgan fingerprint density at radius 2 is 1.03 bits per heavy atom. The number of carbonyl (C=O) groups excluding carboxylic acids is 4. The predicted octanol–water partition coefficient (Wildman–Crippen LogP) is 2.91. The predicted molar refractivity (Wildman–Crippen MR) is 132 cm³/mol. The molecule has 0 radical (unpaired) electrons. The van der Waals surface area contributed by atoms with Gasteiger partial charge in [0, 0.05) is 11.1 Å². The van der Waals surface area contributed by atoms with Crippen LogP contribution in [0.1, 0.15) is 32.2 Å². The van der Waals surface area contributed by atoms with Gasteiger partial charge in [-0.2, -0.15) is 10.2 Å². The van der Waals surface area contributed by atoms with E-state index in [1.807, 2.05) is 10.9 Å². The molecule has 2 aromatic heterocycles. The summed E-state index contributed by atoms with van der Waals surface area (Å²) in [6, 6.07) is 18.8. The Hall–Kier alpha value is -5.78. The Bertz CT molecular complexity index is 1380. The number of para-hydroxylation sites is 2. The molecule has 0 saturated carbocycles. The first-order chi connectivity index (χ1) is 18.5. The molecule has 190 valence electrons. The highest BCUT2D eigenvalue weighted by atomic mass is 16.6. The molecule has 0 bridgehead atoms. The van der Waals surface area contributed by atoms with Gasteiger partial charge in [-0.25, -0.2) is 20.4 Å². The average Bonchev–Trinajstić information content (AvgIpc) is 3.65. The molecule has 38 heavy (non-hydrogen) atoms. The molecule has 2 aromatic carbocycles. The summed E-state index contributed by atoms with van der Waals surface area (Å²) in [4.78, 5) is 48.3. The van der Waals surface area contributed by atoms with Crippen molar-refractivity contribution in [2.45, 2.75) is 0 Å². The van der Waals surface area contributed by atoms with Crippen molar-refractivity contribution in [1.82, 2.24) is 10.9 Å². The molecular formula is C26H18N4O8. The highest BCUT2D eigenvalue weighted by Gasteiger charge is 2.15. The van der Waals surface area contributed by atoms with E-state index in [1.165, 1.54) is 49.2 Å². The number of hydrazone groups is 2. The zero-order valence-electron chi connectivity index (χ0n) is 19.4. The van der Waals surface area contributed by atoms with Gasteiger partial charge in [-0.15, -0.1) is 0 Å². The third-order valence-corrected chi connectivity index (χ3v) is 4.63. The van der Waals surface area contributed by atoms with Crippen molar-refractivity contribution in [3.8, 4) is 11.5 Å². The second-order valence-corrected chi connectivity index (χ2v) is 7.21. The summed E-state index contributed by atoms with van der Waals surface area (Å²) in [6.07, 6.45) is 5.07. The van der Waals surface area contributed by atoms with Gasteiger partial charge in [-0.3, -0.25) is 9.59 Å². The first kappa shape index (κ1) is 25.3. The normalized spacial score (nSPS) is 10.8. The molecule has 2 heterocycles. The van der Waals surface area contributed by atoms with Crippen molar-refractivity contribution in [2.75, 3.05) is 0 Å². The summed E-state index contributed by atoms with van der Waals surface area (Å²) in [5.74, 6) is -3.30. The number of furan rings is 2. The summed E-state index contributed by atoms with van der Waals surface area (Å²) in [5, 5.41) is 7.42. The van der Waals surface area contributed by atoms with E-state index in [1.54, 1.807) is 48.5 Å². The molecule has 2 N–H and O–H groups in total. The van der Waals surface area contributed by atoms with Crippen LogP contribution >= 0.6 is 0 Å². The molecule has 2 amide bonds. The number of hydrogen-bond donors (Lipinski definition) is 2. The number of amides is 2. The van der Waals surface area contributed by atoms with Crippen LogP contribution in [-0.4, -0.2) is 36.2 Å². The van der Waals surface area contributed by atoms with Crippen LogP contribution < -0.4 is 20.3 Å². The largest absolute Gasteiger partial charge is 0.457 e. The van der Waals surface area contributed by atoms with E-state index in [0.717, 1.165) is 0 Å². The third-order valence-electron chi connectivity index (χ3n) is 4.63. The van der Waals surface area contributed by atoms with E-state index >= 15 is 0 Å². The average molecular weight is 514 g/mol. The van der Waals surface area contributed by atoms with Gasteiger partial charge in [-0.1, -0.05) is 24.3 Å². The lowest BCUT2D eigenvalue weighted by Gasteiger charge is -2.06. The smallest absolute Gasteiger partial charge is 0.379 e. The lowest BCUT2D eigenvalue weighted by Crippen LogP contribution is -2.35. The Labute approximate surface area is 214 Å². The number of nitrogens with one attached hydrogen (secondary N) is 2. The van der Waals surface area contributed by atoms with Gasteiger partial charge in [0.15, 0.2) is 0 Å². The zero-order valence-corrected chi connectivity index (χ0v) is 19.4. The van der Waals surface area contributed by atoms with Crippen LogP contribution in [0.15, 0.2) is 104 Å². The lowest BCUT2D eigenvalue weighted by atomic mass is 10.2. The second-order valence-electron chi connectivity index (χ2n) is 7.21. The number of ether oxygens (including phenoxy) is 2. The number of rotatable bonds is 8. The van der Waals surface area contributed by atoms with E-state index in [2.05, 4.69) is 10.2 Å². The van der Waals surface area contributed by atoms with Gasteiger partial charge in [0.2, 0.25) is 11.5 Å². The van der Waals surface area contributed by atoms with E-state index in [4.69, 9.17) is 18.3 Å². The van der Waals surface area contributed by atoms with Crippen LogP contribution in [0.4, 0.5) is 0 Å². The fraction of sp³-hybridized carbons (Fsp3) is 0. The van der Waals surface area contributed by atoms with Gasteiger partial charge in [0.25, 0.3) is 0 Å². The van der Waals surface area contributed by atoms with Gasteiger partial charge in [0.1, 0.15) is 11.5 Å². The van der Waals surface area contributed by atoms with Crippen molar-refractivity contribution in [2.24, 2.45) is 10.2 Å². The number of carbonyl (C=O) groups is 4. The minimum atomic E-state index is -1.11. The molecular weight excluding hydrogens is 496 g/mol. The molecule has 0 unspecified atom stereocenters. The number of benzene rings is 2. The van der Waals surface area contributed by atoms with Crippen LogP contribution in [-0.2, 0) is 9.59 Å². The molecule has 12 nitrogen and oxygen atoms in total. The van der Waals surface area contributed by atoms with Crippen LogP contribution in [0, 0.1) is 0 Å². The maximum absolute atomic E-state index is 12.1. The summed E-state index contributed by atoms with van der Waals surface area (Å²) < 4.78 is 20.5. The topological polar surface area (TPSA) is 162 Å². The highest BCUT2D eigenvalue weighted by Crippen LogP contribution is 2.19. The van der Waals surface area contributed by atoms with Crippen molar-refractivity contribution in [1.29, 1.82) is 0 Å². The Kier molecular flexibility index (Phi) is 8.17. The Morgan fingerprint density at radius 1 is 0.605 bits per heavy atom. The van der Waals surface area contributed by atoms with Gasteiger partial charge >= 0.3 is 23.8 Å². The molecule has 0 aliphatic rings. The van der Waals surface area contributed by atoms with Gasteiger partial charge in [0.05, 0.1) is 25.0 Å². The number of esters is 2. The minimum Gasteiger partial charge on any atom is -0.457 e. The SMILES string of the molecule is O=C(NN=Cc1ccccc1OC(=O)c1ccco1)C(=O)NN=Cc1ccccc1OC(=O)c1ccco1. The van der Waals surface area contributed by atoms with Crippen molar-refractivity contribution < 1.29 is 37.5 Å². The monoisotopic (exact) mass is 514 g/mol. The lowest BCUT2D eigenvalue weighted by molar-refractivity contribution is -0.139. The van der Waals surface area contributed by atoms with E-state index in [9.17, 15) is 19.2 Å². The standard InChI is InChI=1S/C26H18N4O8/c31-23(29-27-15-17-7-1-3-9-19(17)37-25(33)21-11-5-13-35-21)24(32)30-28-16-18-8-2-4-10-20(18)38-26(34)22-12-6-14-36-22/h1-16H,(H,29,31)(H,30,32). The third kappa shape index (κ3) is 6.66. The van der Waals surface area contributed by atoms with E-state index in [0.29, 0.717) is 11.1 Å². The maximum atomic E-state index is 12.1. The molecule has 4 aromatic rings. The molecule has 0 fully saturated rings. The van der Waals surface area contributed by atoms with Gasteiger partial charge in [-0.05, 0) is 48.5 Å². The van der Waals surface area contributed by atoms with E-state index in [-0.39, 0.29) is 23.0 Å². The Balaban J connectivity index is 1.31. The number of nitrogens with zero attached hydrogens (tertiary/aromatic N) is 2. The molecule has 0 saturated heterocycles. The molecule has 4 rings (SSSR count). The summed E-state index contributed by atoms with van der Waals surface area (Å²) in [6.45, 7) is 0. The molecule has 0 aliphatic carbocycles. The molecule has 12 heteroatoms. The van der Waals surface area contributed by atoms with E-state index < -0.39 is 23.8 Å². The first-order valence-corrected chi connectivity index (χ1v) is 10.9. The highest BCUT2D eigenvalue weighted by molar-refractivity contribution is 6.35. The number of hydrogen-bond acceptors (Lipinski definition) is 10. The fourth-order valence-electron chi connectivity index (χ4n) is 2.87. The van der Waals surface area contributed by atoms with Crippen molar-refractivity contribution in [3.63, 3.8) is 0 Å². The minimum absolute atomic E-state index is 0.0144. The Morgan fingerprint density at radius 3 is 1.42 bits per heavy atom. The second kappa shape index (κ2) is 12.3. The van der Waals surface area contributed by atoms with Crippen molar-refractivity contribution >= 4 is 36.2 Å². The van der Waals surface area contributed by atoms with Crippen molar-refractivity contribution in [3.05, 3.63) is 108 Å². The van der Waals surface area contributed by atoms with Crippen LogP contribution in [0.25, 0.3) is 0 Å². The van der Waals surface area contributed by atoms with Crippen LogP contribution in [0.5, 0.6) is 11.5 Å². The molecule has 0 aliphatic heterocycles. The molecule has 0 spiro atoms. The summed E-state index contributed by atoms with van der Waals surface area (Å²) in [7, 11) is 0. The zero-order chi connectivity index (χ0) is 26.7. The summed E-state index contributed by atoms with van der Waals surface area (Å²) >= 11 is 0. The van der Waals surface area contributed by atoms with Gasteiger partial charge < -0.3 is 18.3 Å². The summed E-state index contributed by atoms with van der Waals surface area (Å²) in [5.41, 5.74) is 4.80. The van der Waals surface area contributed by atoms with Crippen LogP contribution in [0.3, 0.4) is 0 Å². The van der Waals surface area contributed by atoms with Crippen LogP contribution in [0.2, 0.25) is 0 Å². The fourth-order valence-corrected chi connectivity index (χ4v) is 2.87. The molecule has 0 atom stereocenters. The first-order valence-electron chi connectivity index (χ1n) is 10.9. The maximum Gasteiger partial charge on any atom is 0.379 e. The quantitative estimate of drug-likeness (QED) is 0.119.